The predicted molar refractivity (Wildman–Crippen MR) is 140 cm³/mol. The summed E-state index contributed by atoms with van der Waals surface area (Å²) in [6.45, 7) is 4.87. The Kier molecular flexibility index (Phi) is 7.45. The molecule has 0 atom stereocenters. The van der Waals surface area contributed by atoms with Gasteiger partial charge in [0.15, 0.2) is 17.3 Å². The summed E-state index contributed by atoms with van der Waals surface area (Å²) in [5, 5.41) is 13.4. The van der Waals surface area contributed by atoms with Crippen molar-refractivity contribution in [3.05, 3.63) is 59.2 Å². The van der Waals surface area contributed by atoms with Crippen LogP contribution in [0, 0.1) is 12.3 Å². The molecule has 36 heavy (non-hydrogen) atoms. The second-order valence-electron chi connectivity index (χ2n) is 7.81. The van der Waals surface area contributed by atoms with Gasteiger partial charge in [-0.3, -0.25) is 10.2 Å². The Morgan fingerprint density at radius 1 is 1.08 bits per heavy atom. The minimum atomic E-state index is -3.60. The number of thioether (sulfide) groups is 1. The number of carbonyl (C=O) groups is 1. The lowest BCUT2D eigenvalue weighted by Gasteiger charge is -2.20. The zero-order valence-corrected chi connectivity index (χ0v) is 21.5. The van der Waals surface area contributed by atoms with Crippen molar-refractivity contribution in [3.63, 3.8) is 0 Å². The number of aryl methyl sites for hydroxylation is 1. The molecule has 2 aromatic rings. The van der Waals surface area contributed by atoms with E-state index >= 15 is 0 Å². The number of fused-ring (bicyclic) bond motifs is 1. The largest absolute Gasteiger partial charge is 0.490 e. The van der Waals surface area contributed by atoms with Crippen LogP contribution in [0.2, 0.25) is 0 Å². The highest BCUT2D eigenvalue weighted by molar-refractivity contribution is 8.42. The molecule has 0 saturated carbocycles. The minimum absolute atomic E-state index is 0.0273. The van der Waals surface area contributed by atoms with Crippen molar-refractivity contribution < 1.29 is 27.4 Å². The van der Waals surface area contributed by atoms with Crippen molar-refractivity contribution >= 4 is 49.0 Å². The lowest BCUT2D eigenvalue weighted by atomic mass is 10.1. The number of amides is 1. The molecule has 0 aromatic heterocycles. The molecular formula is C24H24N4O6S2. The van der Waals surface area contributed by atoms with Crippen LogP contribution in [-0.4, -0.2) is 60.8 Å². The van der Waals surface area contributed by atoms with Gasteiger partial charge in [0.2, 0.25) is 19.4 Å². The van der Waals surface area contributed by atoms with Crippen LogP contribution in [0.4, 0.5) is 0 Å². The standard InChI is InChI=1S/C24H24N4O6S2/c1-4-32-20-14-16(8-9-19(20)34-11-10-33-17-7-5-6-15(2)12-17)13-18-21(25)28-23(26-22(18)29)35-24(27-28)36(3,30)31/h5-9,12-14,25H,4,10-11H2,1-3H3/b18-13-,25-21?. The Hall–Kier alpha value is -3.64. The molecule has 0 radical (unpaired) electrons. The number of nitrogens with one attached hydrogen (secondary N) is 1. The molecule has 10 nitrogen and oxygen atoms in total. The normalized spacial score (nSPS) is 16.5. The molecule has 1 N–H and O–H groups in total. The number of hydrogen-bond acceptors (Lipinski definition) is 9. The fourth-order valence-corrected chi connectivity index (χ4v) is 4.99. The molecule has 2 aliphatic rings. The Labute approximate surface area is 213 Å². The summed E-state index contributed by atoms with van der Waals surface area (Å²) in [5.41, 5.74) is 1.66. The molecule has 0 fully saturated rings. The van der Waals surface area contributed by atoms with Crippen LogP contribution < -0.4 is 14.2 Å². The van der Waals surface area contributed by atoms with Gasteiger partial charge in [-0.05, 0) is 67.1 Å². The summed E-state index contributed by atoms with van der Waals surface area (Å²) >= 11 is 0.739. The van der Waals surface area contributed by atoms with Gasteiger partial charge in [0, 0.05) is 6.26 Å². The van der Waals surface area contributed by atoms with Crippen molar-refractivity contribution in [3.8, 4) is 17.2 Å². The number of nitrogens with zero attached hydrogens (tertiary/aromatic N) is 3. The third kappa shape index (κ3) is 5.77. The van der Waals surface area contributed by atoms with Crippen LogP contribution in [0.25, 0.3) is 6.08 Å². The molecule has 0 spiro atoms. The van der Waals surface area contributed by atoms with Crippen LogP contribution in [-0.2, 0) is 14.6 Å². The van der Waals surface area contributed by atoms with Crippen molar-refractivity contribution in [1.29, 1.82) is 5.41 Å². The van der Waals surface area contributed by atoms with E-state index in [0.717, 1.165) is 34.3 Å². The molecule has 2 heterocycles. The maximum atomic E-state index is 12.6. The van der Waals surface area contributed by atoms with Crippen LogP contribution in [0.3, 0.4) is 0 Å². The van der Waals surface area contributed by atoms with Gasteiger partial charge in [0.05, 0.1) is 12.2 Å². The van der Waals surface area contributed by atoms with Crippen LogP contribution in [0.15, 0.2) is 58.1 Å². The first kappa shape index (κ1) is 25.5. The molecule has 1 amide bonds. The Balaban J connectivity index is 1.49. The molecular weight excluding hydrogens is 504 g/mol. The molecule has 12 heteroatoms. The van der Waals surface area contributed by atoms with Gasteiger partial charge < -0.3 is 14.2 Å². The fourth-order valence-electron chi connectivity index (χ4n) is 3.31. The number of aliphatic imine (C=N–C) groups is 1. The van der Waals surface area contributed by atoms with Gasteiger partial charge in [-0.15, -0.1) is 5.10 Å². The van der Waals surface area contributed by atoms with E-state index < -0.39 is 15.7 Å². The average molecular weight is 529 g/mol. The second kappa shape index (κ2) is 10.5. The first-order chi connectivity index (χ1) is 17.2. The Morgan fingerprint density at radius 3 is 2.58 bits per heavy atom. The monoisotopic (exact) mass is 528 g/mol. The molecule has 0 aliphatic carbocycles. The molecule has 0 bridgehead atoms. The van der Waals surface area contributed by atoms with Gasteiger partial charge in [-0.25, -0.2) is 8.42 Å². The first-order valence-electron chi connectivity index (χ1n) is 10.9. The van der Waals surface area contributed by atoms with Crippen molar-refractivity contribution in [2.75, 3.05) is 26.1 Å². The fraction of sp³-hybridized carbons (Fsp3) is 0.250. The quantitative estimate of drug-likeness (QED) is 0.407. The summed E-state index contributed by atoms with van der Waals surface area (Å²) < 4.78 is 40.7. The zero-order valence-electron chi connectivity index (χ0n) is 19.8. The maximum Gasteiger partial charge on any atom is 0.283 e. The molecule has 0 saturated heterocycles. The highest BCUT2D eigenvalue weighted by Crippen LogP contribution is 2.32. The number of amidine groups is 2. The molecule has 188 valence electrons. The first-order valence-corrected chi connectivity index (χ1v) is 13.7. The number of benzene rings is 2. The van der Waals surface area contributed by atoms with Crippen LogP contribution >= 0.6 is 11.8 Å². The molecule has 0 unspecified atom stereocenters. The van der Waals surface area contributed by atoms with E-state index in [4.69, 9.17) is 19.6 Å². The number of rotatable bonds is 8. The van der Waals surface area contributed by atoms with Crippen molar-refractivity contribution in [1.82, 2.24) is 5.01 Å². The third-order valence-corrected chi connectivity index (χ3v) is 7.51. The Bertz CT molecular complexity index is 1420. The van der Waals surface area contributed by atoms with Gasteiger partial charge in [0.1, 0.15) is 19.0 Å². The van der Waals surface area contributed by atoms with E-state index in [1.54, 1.807) is 18.2 Å². The summed E-state index contributed by atoms with van der Waals surface area (Å²) in [4.78, 5) is 16.5. The van der Waals surface area contributed by atoms with Gasteiger partial charge >= 0.3 is 0 Å². The average Bonchev–Trinajstić information content (AvgIpc) is 3.26. The highest BCUT2D eigenvalue weighted by atomic mass is 32.3. The van der Waals surface area contributed by atoms with E-state index in [1.165, 1.54) is 6.08 Å². The van der Waals surface area contributed by atoms with Crippen LogP contribution in [0.5, 0.6) is 17.2 Å². The second-order valence-corrected chi connectivity index (χ2v) is 11.0. The van der Waals surface area contributed by atoms with Gasteiger partial charge in [0.25, 0.3) is 5.91 Å². The van der Waals surface area contributed by atoms with Gasteiger partial charge in [-0.1, -0.05) is 18.2 Å². The molecule has 4 rings (SSSR count). The predicted octanol–water partition coefficient (Wildman–Crippen LogP) is 3.47. The maximum absolute atomic E-state index is 12.6. The molecule has 2 aromatic carbocycles. The van der Waals surface area contributed by atoms with Gasteiger partial charge in [-0.2, -0.15) is 10.0 Å². The summed E-state index contributed by atoms with van der Waals surface area (Å²) in [6, 6.07) is 12.9. The topological polar surface area (TPSA) is 131 Å². The third-order valence-electron chi connectivity index (χ3n) is 4.93. The molecule has 2 aliphatic heterocycles. The number of hydrazone groups is 1. The van der Waals surface area contributed by atoms with E-state index in [0.29, 0.717) is 36.9 Å². The smallest absolute Gasteiger partial charge is 0.283 e. The van der Waals surface area contributed by atoms with Crippen molar-refractivity contribution in [2.24, 2.45) is 10.1 Å². The highest BCUT2D eigenvalue weighted by Gasteiger charge is 2.38. The lowest BCUT2D eigenvalue weighted by Crippen LogP contribution is -2.35. The Morgan fingerprint density at radius 2 is 1.86 bits per heavy atom. The number of carbonyl (C=O) groups excluding carboxylic acids is 1. The van der Waals surface area contributed by atoms with Crippen molar-refractivity contribution in [2.45, 2.75) is 13.8 Å². The number of sulfone groups is 1. The number of hydrogen-bond donors (Lipinski definition) is 1. The summed E-state index contributed by atoms with van der Waals surface area (Å²) in [7, 11) is -3.60. The van der Waals surface area contributed by atoms with E-state index in [2.05, 4.69) is 10.1 Å². The minimum Gasteiger partial charge on any atom is -0.490 e. The summed E-state index contributed by atoms with van der Waals surface area (Å²) in [6.07, 6.45) is 2.49. The SMILES string of the molecule is CCOc1cc(/C=C2/C(=N)N3N=C(S(C)(=O)=O)SC3=NC2=O)ccc1OCCOc1cccc(C)c1. The lowest BCUT2D eigenvalue weighted by molar-refractivity contribution is -0.114. The van der Waals surface area contributed by atoms with Crippen LogP contribution in [0.1, 0.15) is 18.1 Å². The van der Waals surface area contributed by atoms with E-state index in [9.17, 15) is 13.2 Å². The zero-order chi connectivity index (χ0) is 25.9. The number of ether oxygens (including phenoxy) is 3. The van der Waals surface area contributed by atoms with E-state index in [1.807, 2.05) is 38.1 Å². The summed E-state index contributed by atoms with van der Waals surface area (Å²) in [5.74, 6) is 0.824. The van der Waals surface area contributed by atoms with E-state index in [-0.39, 0.29) is 21.0 Å².